The maximum absolute atomic E-state index is 5.70. The molecule has 1 heterocycles. The van der Waals surface area contributed by atoms with Gasteiger partial charge in [0.25, 0.3) is 0 Å². The summed E-state index contributed by atoms with van der Waals surface area (Å²) in [4.78, 5) is 5.85. The Bertz CT molecular complexity index is 299. The van der Waals surface area contributed by atoms with Crippen molar-refractivity contribution in [3.8, 4) is 0 Å². The number of nitrogens with zero attached hydrogens (tertiary/aromatic N) is 1. The highest BCUT2D eigenvalue weighted by molar-refractivity contribution is 7.11. The van der Waals surface area contributed by atoms with E-state index in [1.165, 1.54) is 10.6 Å². The number of methoxy groups -OCH3 is 1. The van der Waals surface area contributed by atoms with Crippen LogP contribution in [-0.4, -0.2) is 18.2 Å². The Morgan fingerprint density at radius 2 is 2.27 bits per heavy atom. The monoisotopic (exact) mass is 228 g/mol. The summed E-state index contributed by atoms with van der Waals surface area (Å²) in [5.41, 5.74) is 6.88. The van der Waals surface area contributed by atoms with Crippen LogP contribution in [0.15, 0.2) is 0 Å². The molecule has 0 aliphatic carbocycles. The van der Waals surface area contributed by atoms with Crippen LogP contribution in [0.5, 0.6) is 0 Å². The van der Waals surface area contributed by atoms with Gasteiger partial charge < -0.3 is 10.5 Å². The number of hydrogen-bond donors (Lipinski definition) is 1. The molecule has 0 saturated carbocycles. The molecule has 4 heteroatoms. The van der Waals surface area contributed by atoms with Crippen LogP contribution in [0, 0.1) is 0 Å². The molecule has 0 spiro atoms. The van der Waals surface area contributed by atoms with E-state index in [4.69, 9.17) is 10.5 Å². The Hall–Kier alpha value is -0.450. The van der Waals surface area contributed by atoms with Gasteiger partial charge in [0, 0.05) is 25.0 Å². The first-order valence-electron chi connectivity index (χ1n) is 5.41. The highest BCUT2D eigenvalue weighted by Crippen LogP contribution is 2.21. The van der Waals surface area contributed by atoms with Crippen LogP contribution in [-0.2, 0) is 24.1 Å². The van der Waals surface area contributed by atoms with Crippen molar-refractivity contribution in [2.45, 2.75) is 45.8 Å². The van der Waals surface area contributed by atoms with Crippen molar-refractivity contribution in [1.29, 1.82) is 0 Å². The van der Waals surface area contributed by atoms with E-state index >= 15 is 0 Å². The fraction of sp³-hybridized carbons (Fsp3) is 0.727. The van der Waals surface area contributed by atoms with Crippen LogP contribution in [0.25, 0.3) is 0 Å². The lowest BCUT2D eigenvalue weighted by molar-refractivity contribution is 0.118. The fourth-order valence-electron chi connectivity index (χ4n) is 1.44. The largest absolute Gasteiger partial charge is 0.381 e. The second-order valence-corrected chi connectivity index (χ2v) is 4.85. The zero-order valence-corrected chi connectivity index (χ0v) is 10.6. The number of ether oxygens (including phenoxy) is 1. The Morgan fingerprint density at radius 3 is 2.80 bits per heavy atom. The van der Waals surface area contributed by atoms with Gasteiger partial charge in [0.2, 0.25) is 0 Å². The lowest BCUT2D eigenvalue weighted by atomic mass is 10.2. The summed E-state index contributed by atoms with van der Waals surface area (Å²) in [6, 6.07) is 0. The molecule has 0 aromatic carbocycles. The normalized spacial score (nSPS) is 13.1. The molecule has 0 aliphatic heterocycles. The molecule has 0 fully saturated rings. The molecule has 1 atom stereocenters. The second kappa shape index (κ2) is 6.20. The quantitative estimate of drug-likeness (QED) is 0.811. The number of thiazole rings is 1. The van der Waals surface area contributed by atoms with Crippen molar-refractivity contribution in [1.82, 2.24) is 4.98 Å². The third-order valence-corrected chi connectivity index (χ3v) is 3.50. The molecule has 2 N–H and O–H groups in total. The van der Waals surface area contributed by atoms with Crippen LogP contribution in [0.2, 0.25) is 0 Å². The van der Waals surface area contributed by atoms with Crippen molar-refractivity contribution in [2.24, 2.45) is 5.73 Å². The van der Waals surface area contributed by atoms with Crippen molar-refractivity contribution < 1.29 is 4.74 Å². The molecule has 1 rings (SSSR count). The van der Waals surface area contributed by atoms with Crippen LogP contribution < -0.4 is 5.73 Å². The average Bonchev–Trinajstić information content (AvgIpc) is 2.61. The summed E-state index contributed by atoms with van der Waals surface area (Å²) in [6.07, 6.45) is 3.27. The minimum absolute atomic E-state index is 0.233. The van der Waals surface area contributed by atoms with Gasteiger partial charge >= 0.3 is 0 Å². The molecule has 0 amide bonds. The van der Waals surface area contributed by atoms with Gasteiger partial charge in [-0.25, -0.2) is 4.98 Å². The summed E-state index contributed by atoms with van der Waals surface area (Å²) >= 11 is 1.73. The van der Waals surface area contributed by atoms with E-state index < -0.39 is 0 Å². The number of aryl methyl sites for hydroxylation is 1. The van der Waals surface area contributed by atoms with Crippen molar-refractivity contribution in [2.75, 3.05) is 7.11 Å². The number of aromatic nitrogens is 1. The molecular formula is C11H20N2OS. The highest BCUT2D eigenvalue weighted by Gasteiger charge is 2.11. The fourth-order valence-corrected chi connectivity index (χ4v) is 2.55. The molecule has 1 unspecified atom stereocenters. The summed E-state index contributed by atoms with van der Waals surface area (Å²) in [5, 5.41) is 1.15. The van der Waals surface area contributed by atoms with Crippen LogP contribution in [0.1, 0.15) is 35.8 Å². The summed E-state index contributed by atoms with van der Waals surface area (Å²) in [5.74, 6) is 0. The van der Waals surface area contributed by atoms with Crippen LogP contribution >= 0.6 is 11.3 Å². The van der Waals surface area contributed by atoms with Crippen molar-refractivity contribution >= 4 is 11.3 Å². The maximum atomic E-state index is 5.70. The van der Waals surface area contributed by atoms with Gasteiger partial charge in [-0.1, -0.05) is 13.3 Å². The van der Waals surface area contributed by atoms with Crippen LogP contribution in [0.3, 0.4) is 0 Å². The van der Waals surface area contributed by atoms with Crippen molar-refractivity contribution in [3.05, 3.63) is 15.6 Å². The van der Waals surface area contributed by atoms with Gasteiger partial charge in [-0.2, -0.15) is 0 Å². The van der Waals surface area contributed by atoms with Gasteiger partial charge in [-0.15, -0.1) is 11.3 Å². The smallest absolute Gasteiger partial charge is 0.0957 e. The van der Waals surface area contributed by atoms with Crippen molar-refractivity contribution in [3.63, 3.8) is 0 Å². The third-order valence-electron chi connectivity index (χ3n) is 2.36. The molecule has 0 saturated heterocycles. The number of nitrogens with two attached hydrogens (primary N) is 1. The van der Waals surface area contributed by atoms with Gasteiger partial charge in [-0.05, 0) is 13.3 Å². The molecular weight excluding hydrogens is 208 g/mol. The highest BCUT2D eigenvalue weighted by atomic mass is 32.1. The van der Waals surface area contributed by atoms with E-state index in [0.717, 1.165) is 24.3 Å². The Balaban J connectivity index is 2.73. The predicted molar refractivity (Wildman–Crippen MR) is 64.2 cm³/mol. The van der Waals surface area contributed by atoms with E-state index in [-0.39, 0.29) is 6.10 Å². The Morgan fingerprint density at radius 1 is 1.53 bits per heavy atom. The molecule has 15 heavy (non-hydrogen) atoms. The predicted octanol–water partition coefficient (Wildman–Crippen LogP) is 2.13. The summed E-state index contributed by atoms with van der Waals surface area (Å²) < 4.78 is 5.23. The number of rotatable bonds is 6. The topological polar surface area (TPSA) is 48.1 Å². The molecule has 86 valence electrons. The molecule has 0 radical (unpaired) electrons. The van der Waals surface area contributed by atoms with Gasteiger partial charge in [0.05, 0.1) is 16.8 Å². The van der Waals surface area contributed by atoms with Gasteiger partial charge in [-0.3, -0.25) is 0 Å². The average molecular weight is 228 g/mol. The minimum atomic E-state index is 0.233. The standard InChI is InChI=1S/C11H20N2OS/c1-4-5-9-10(7-12)15-11(13-9)6-8(2)14-3/h8H,4-7,12H2,1-3H3. The minimum Gasteiger partial charge on any atom is -0.381 e. The first kappa shape index (κ1) is 12.6. The van der Waals surface area contributed by atoms with E-state index in [9.17, 15) is 0 Å². The van der Waals surface area contributed by atoms with Gasteiger partial charge in [0.1, 0.15) is 0 Å². The van der Waals surface area contributed by atoms with E-state index in [1.807, 2.05) is 0 Å². The first-order chi connectivity index (χ1) is 7.21. The SMILES string of the molecule is CCCc1nc(CC(C)OC)sc1CN. The molecule has 3 nitrogen and oxygen atoms in total. The number of hydrogen-bond acceptors (Lipinski definition) is 4. The summed E-state index contributed by atoms with van der Waals surface area (Å²) in [6.45, 7) is 4.83. The van der Waals surface area contributed by atoms with Gasteiger partial charge in [0.15, 0.2) is 0 Å². The zero-order chi connectivity index (χ0) is 11.3. The Labute approximate surface area is 95.7 Å². The third kappa shape index (κ3) is 3.55. The van der Waals surface area contributed by atoms with Crippen LogP contribution in [0.4, 0.5) is 0 Å². The zero-order valence-electron chi connectivity index (χ0n) is 9.75. The van der Waals surface area contributed by atoms with E-state index in [1.54, 1.807) is 18.4 Å². The maximum Gasteiger partial charge on any atom is 0.0957 e. The lowest BCUT2D eigenvalue weighted by Gasteiger charge is -2.05. The second-order valence-electron chi connectivity index (χ2n) is 3.68. The lowest BCUT2D eigenvalue weighted by Crippen LogP contribution is -2.08. The molecule has 1 aromatic rings. The van der Waals surface area contributed by atoms with E-state index in [0.29, 0.717) is 6.54 Å². The molecule has 1 aromatic heterocycles. The Kier molecular flexibility index (Phi) is 5.22. The molecule has 0 aliphatic rings. The van der Waals surface area contributed by atoms with E-state index in [2.05, 4.69) is 18.8 Å². The summed E-state index contributed by atoms with van der Waals surface area (Å²) in [7, 11) is 1.73. The first-order valence-corrected chi connectivity index (χ1v) is 6.23. The molecule has 0 bridgehead atoms.